The fourth-order valence-corrected chi connectivity index (χ4v) is 3.85. The zero-order valence-corrected chi connectivity index (χ0v) is 16.8. The normalized spacial score (nSPS) is 13.0. The number of halogens is 6. The second kappa shape index (κ2) is 7.32. The molecule has 0 atom stereocenters. The van der Waals surface area contributed by atoms with Gasteiger partial charge in [-0.25, -0.2) is 18.4 Å². The molecule has 0 aliphatic rings. The van der Waals surface area contributed by atoms with Gasteiger partial charge in [0.1, 0.15) is 11.4 Å². The molecule has 0 bridgehead atoms. The van der Waals surface area contributed by atoms with Crippen molar-refractivity contribution in [2.45, 2.75) is 24.2 Å². The molecule has 31 heavy (non-hydrogen) atoms. The summed E-state index contributed by atoms with van der Waals surface area (Å²) in [5, 5.41) is 0. The van der Waals surface area contributed by atoms with E-state index in [0.717, 1.165) is 18.5 Å². The molecule has 3 heterocycles. The molecule has 3 aromatic rings. The lowest BCUT2D eigenvalue weighted by atomic mass is 10.1. The minimum atomic E-state index is -4.81. The first-order valence-electron chi connectivity index (χ1n) is 8.56. The van der Waals surface area contributed by atoms with Crippen LogP contribution in [0.25, 0.3) is 28.1 Å². The number of alkyl halides is 6. The maximum atomic E-state index is 13.0. The molecule has 166 valence electrons. The highest BCUT2D eigenvalue weighted by Crippen LogP contribution is 2.36. The molecule has 0 unspecified atom stereocenters. The summed E-state index contributed by atoms with van der Waals surface area (Å²) in [6.07, 6.45) is -7.82. The number of aryl methyl sites for hydroxylation is 1. The maximum Gasteiger partial charge on any atom is 0.433 e. The van der Waals surface area contributed by atoms with E-state index in [1.807, 2.05) is 0 Å². The Bertz CT molecular complexity index is 1290. The Morgan fingerprint density at radius 3 is 2.29 bits per heavy atom. The van der Waals surface area contributed by atoms with Crippen molar-refractivity contribution in [1.29, 1.82) is 0 Å². The van der Waals surface area contributed by atoms with Gasteiger partial charge in [0, 0.05) is 18.8 Å². The maximum absolute atomic E-state index is 13.0. The number of nitrogens with zero attached hydrogens (tertiary/aromatic N) is 4. The number of fused-ring (bicyclic) bond motifs is 1. The third-order valence-corrected chi connectivity index (χ3v) is 6.27. The first kappa shape index (κ1) is 22.7. The molecule has 0 aromatic carbocycles. The number of imidazole rings is 1. The van der Waals surface area contributed by atoms with Crippen molar-refractivity contribution in [2.75, 3.05) is 5.75 Å². The van der Waals surface area contributed by atoms with Gasteiger partial charge in [0.15, 0.2) is 15.7 Å². The van der Waals surface area contributed by atoms with E-state index >= 15 is 0 Å². The molecule has 0 spiro atoms. The van der Waals surface area contributed by atoms with Crippen LogP contribution in [0.4, 0.5) is 26.3 Å². The van der Waals surface area contributed by atoms with Crippen LogP contribution in [0.2, 0.25) is 0 Å². The molecule has 0 aliphatic carbocycles. The van der Waals surface area contributed by atoms with E-state index in [0.29, 0.717) is 6.07 Å². The van der Waals surface area contributed by atoms with E-state index in [9.17, 15) is 34.8 Å². The third kappa shape index (κ3) is 4.13. The predicted molar refractivity (Wildman–Crippen MR) is 99.6 cm³/mol. The zero-order valence-electron chi connectivity index (χ0n) is 16.0. The average Bonchev–Trinajstić information content (AvgIpc) is 3.01. The van der Waals surface area contributed by atoms with Gasteiger partial charge in [-0.2, -0.15) is 26.3 Å². The number of pyridine rings is 2. The summed E-state index contributed by atoms with van der Waals surface area (Å²) in [6, 6.07) is 1.47. The van der Waals surface area contributed by atoms with Gasteiger partial charge in [-0.1, -0.05) is 13.5 Å². The van der Waals surface area contributed by atoms with Crippen molar-refractivity contribution in [3.8, 4) is 11.5 Å². The lowest BCUT2D eigenvalue weighted by Gasteiger charge is -2.14. The third-order valence-electron chi connectivity index (χ3n) is 4.53. The number of sulfone groups is 1. The van der Waals surface area contributed by atoms with Crippen LogP contribution in [0.1, 0.15) is 18.2 Å². The van der Waals surface area contributed by atoms with E-state index < -0.39 is 49.7 Å². The highest BCUT2D eigenvalue weighted by molar-refractivity contribution is 7.91. The van der Waals surface area contributed by atoms with Gasteiger partial charge in [-0.05, 0) is 12.1 Å². The van der Waals surface area contributed by atoms with Crippen molar-refractivity contribution in [1.82, 2.24) is 19.5 Å². The quantitative estimate of drug-likeness (QED) is 0.535. The smallest absolute Gasteiger partial charge is 0.324 e. The Balaban J connectivity index is 2.28. The lowest BCUT2D eigenvalue weighted by molar-refractivity contribution is -0.141. The summed E-state index contributed by atoms with van der Waals surface area (Å²) in [5.41, 5.74) is -3.33. The molecule has 0 saturated heterocycles. The molecular weight excluding hydrogens is 450 g/mol. The molecule has 0 saturated carbocycles. The van der Waals surface area contributed by atoms with Gasteiger partial charge in [0.25, 0.3) is 0 Å². The number of rotatable bonds is 4. The average molecular weight is 464 g/mol. The fourth-order valence-electron chi connectivity index (χ4n) is 2.79. The highest BCUT2D eigenvalue weighted by atomic mass is 32.2. The molecule has 0 fully saturated rings. The van der Waals surface area contributed by atoms with Crippen LogP contribution in [0.15, 0.2) is 36.0 Å². The molecular formula is C18H14F6N4O2S. The van der Waals surface area contributed by atoms with Gasteiger partial charge in [0.2, 0.25) is 0 Å². The standard InChI is InChI=1S/C18H14F6N4O2S/c1-4-31(29,30)13-5-10(9(2)17(19,20)21)7-26-15(13)16-27-11-6-14(18(22,23)24)25-8-12(11)28(16)3/h5-8H,2,4H2,1,3H3. The largest absolute Gasteiger partial charge is 0.433 e. The molecule has 6 nitrogen and oxygen atoms in total. The first-order valence-corrected chi connectivity index (χ1v) is 10.2. The monoisotopic (exact) mass is 464 g/mol. The summed E-state index contributed by atoms with van der Waals surface area (Å²) in [4.78, 5) is 10.7. The zero-order chi connectivity index (χ0) is 23.4. The molecule has 0 aliphatic heterocycles. The Morgan fingerprint density at radius 1 is 1.10 bits per heavy atom. The number of aromatic nitrogens is 4. The van der Waals surface area contributed by atoms with Gasteiger partial charge in [-0.3, -0.25) is 4.98 Å². The van der Waals surface area contributed by atoms with Crippen LogP contribution in [0.5, 0.6) is 0 Å². The summed E-state index contributed by atoms with van der Waals surface area (Å²) >= 11 is 0. The van der Waals surface area contributed by atoms with Gasteiger partial charge >= 0.3 is 12.4 Å². The van der Waals surface area contributed by atoms with E-state index in [1.165, 1.54) is 18.5 Å². The summed E-state index contributed by atoms with van der Waals surface area (Å²) < 4.78 is 104. The van der Waals surface area contributed by atoms with E-state index in [1.54, 1.807) is 0 Å². The summed E-state index contributed by atoms with van der Waals surface area (Å²) in [6.45, 7) is 4.23. The Labute approximate surface area is 172 Å². The summed E-state index contributed by atoms with van der Waals surface area (Å²) in [7, 11) is -2.69. The Morgan fingerprint density at radius 2 is 1.74 bits per heavy atom. The van der Waals surface area contributed by atoms with Gasteiger partial charge in [0.05, 0.1) is 33.5 Å². The SMILES string of the molecule is C=C(c1cnc(-c2nc3cc(C(F)(F)F)ncc3n2C)c(S(=O)(=O)CC)c1)C(F)(F)F. The topological polar surface area (TPSA) is 77.7 Å². The van der Waals surface area contributed by atoms with Crippen LogP contribution >= 0.6 is 0 Å². The van der Waals surface area contributed by atoms with E-state index in [2.05, 4.69) is 21.5 Å². The van der Waals surface area contributed by atoms with Crippen molar-refractivity contribution in [2.24, 2.45) is 7.05 Å². The van der Waals surface area contributed by atoms with Crippen LogP contribution in [-0.4, -0.2) is 39.9 Å². The van der Waals surface area contributed by atoms with Crippen molar-refractivity contribution in [3.63, 3.8) is 0 Å². The summed E-state index contributed by atoms with van der Waals surface area (Å²) in [5.74, 6) is -0.597. The Hall–Kier alpha value is -2.96. The minimum Gasteiger partial charge on any atom is -0.324 e. The van der Waals surface area contributed by atoms with Crippen molar-refractivity contribution in [3.05, 3.63) is 42.4 Å². The molecule has 0 amide bonds. The fraction of sp³-hybridized carbons (Fsp3) is 0.278. The van der Waals surface area contributed by atoms with Crippen molar-refractivity contribution < 1.29 is 34.8 Å². The molecule has 3 rings (SSSR count). The second-order valence-electron chi connectivity index (χ2n) is 6.50. The Kier molecular flexibility index (Phi) is 5.37. The van der Waals surface area contributed by atoms with Crippen LogP contribution in [0, 0.1) is 0 Å². The molecule has 3 aromatic heterocycles. The minimum absolute atomic E-state index is 0.134. The van der Waals surface area contributed by atoms with Crippen LogP contribution < -0.4 is 0 Å². The van der Waals surface area contributed by atoms with Gasteiger partial charge < -0.3 is 4.57 Å². The van der Waals surface area contributed by atoms with E-state index in [4.69, 9.17) is 0 Å². The van der Waals surface area contributed by atoms with E-state index in [-0.39, 0.29) is 22.6 Å². The van der Waals surface area contributed by atoms with Crippen LogP contribution in [-0.2, 0) is 23.1 Å². The molecule has 0 radical (unpaired) electrons. The second-order valence-corrected chi connectivity index (χ2v) is 8.75. The number of hydrogen-bond donors (Lipinski definition) is 0. The number of hydrogen-bond acceptors (Lipinski definition) is 5. The van der Waals surface area contributed by atoms with Crippen molar-refractivity contribution >= 4 is 26.4 Å². The van der Waals surface area contributed by atoms with Gasteiger partial charge in [-0.15, -0.1) is 0 Å². The highest BCUT2D eigenvalue weighted by Gasteiger charge is 2.35. The molecule has 13 heteroatoms. The lowest BCUT2D eigenvalue weighted by Crippen LogP contribution is -2.13. The first-order chi connectivity index (χ1) is 14.2. The van der Waals surface area contributed by atoms with Crippen LogP contribution in [0.3, 0.4) is 0 Å². The predicted octanol–water partition coefficient (Wildman–Crippen LogP) is 4.42. The molecule has 0 N–H and O–H groups in total. The number of allylic oxidation sites excluding steroid dienone is 1.